The third kappa shape index (κ3) is 3.55. The van der Waals surface area contributed by atoms with Crippen LogP contribution in [0.3, 0.4) is 0 Å². The quantitative estimate of drug-likeness (QED) is 0.715. The summed E-state index contributed by atoms with van der Waals surface area (Å²) in [6.45, 7) is 1.66. The van der Waals surface area contributed by atoms with Crippen LogP contribution in [0.2, 0.25) is 0 Å². The van der Waals surface area contributed by atoms with E-state index < -0.39 is 0 Å². The molecular weight excluding hydrogens is 333 g/mol. The van der Waals surface area contributed by atoms with Crippen LogP contribution in [0.5, 0.6) is 0 Å². The largest absolute Gasteiger partial charge is 0.382 e. The fourth-order valence-corrected chi connectivity index (χ4v) is 3.19. The van der Waals surface area contributed by atoms with Crippen molar-refractivity contribution >= 4 is 28.5 Å². The van der Waals surface area contributed by atoms with Gasteiger partial charge in [0.2, 0.25) is 0 Å². The maximum absolute atomic E-state index is 13.3. The predicted octanol–water partition coefficient (Wildman–Crippen LogP) is 3.82. The van der Waals surface area contributed by atoms with E-state index in [4.69, 9.17) is 4.74 Å². The molecule has 1 atom stereocenters. The molecule has 4 rings (SSSR count). The smallest absolute Gasteiger partial charge is 0.257 e. The van der Waals surface area contributed by atoms with E-state index in [0.717, 1.165) is 37.4 Å². The zero-order valence-corrected chi connectivity index (χ0v) is 14.2. The van der Waals surface area contributed by atoms with Gasteiger partial charge in [0, 0.05) is 36.3 Å². The van der Waals surface area contributed by atoms with Gasteiger partial charge in [0.15, 0.2) is 0 Å². The number of ether oxygens (including phenoxy) is 1. The lowest BCUT2D eigenvalue weighted by atomic mass is 10.1. The minimum Gasteiger partial charge on any atom is -0.382 e. The van der Waals surface area contributed by atoms with Crippen molar-refractivity contribution in [2.24, 2.45) is 0 Å². The van der Waals surface area contributed by atoms with Crippen molar-refractivity contribution in [1.29, 1.82) is 0 Å². The van der Waals surface area contributed by atoms with E-state index in [1.165, 1.54) is 12.1 Å². The molecule has 2 heterocycles. The number of rotatable bonds is 5. The fourth-order valence-electron chi connectivity index (χ4n) is 3.19. The molecule has 2 aromatic carbocycles. The second-order valence-corrected chi connectivity index (χ2v) is 6.44. The highest BCUT2D eigenvalue weighted by atomic mass is 19.1. The number of amides is 1. The summed E-state index contributed by atoms with van der Waals surface area (Å²) in [4.78, 5) is 12.1. The summed E-state index contributed by atoms with van der Waals surface area (Å²) < 4.78 is 18.9. The first-order valence-corrected chi connectivity index (χ1v) is 8.72. The van der Waals surface area contributed by atoms with E-state index in [1.807, 2.05) is 24.3 Å². The van der Waals surface area contributed by atoms with Crippen molar-refractivity contribution in [1.82, 2.24) is 0 Å². The van der Waals surface area contributed by atoms with Gasteiger partial charge in [-0.25, -0.2) is 4.39 Å². The van der Waals surface area contributed by atoms with Crippen molar-refractivity contribution in [2.45, 2.75) is 18.9 Å². The van der Waals surface area contributed by atoms with Gasteiger partial charge in [-0.15, -0.1) is 0 Å². The summed E-state index contributed by atoms with van der Waals surface area (Å²) in [5.41, 5.74) is 3.57. The van der Waals surface area contributed by atoms with Crippen LogP contribution in [-0.2, 0) is 9.53 Å². The zero-order valence-electron chi connectivity index (χ0n) is 14.2. The highest BCUT2D eigenvalue weighted by Crippen LogP contribution is 2.32. The third-order valence-corrected chi connectivity index (χ3v) is 4.59. The molecule has 26 heavy (non-hydrogen) atoms. The molecule has 0 saturated carbocycles. The van der Waals surface area contributed by atoms with Crippen molar-refractivity contribution in [3.63, 3.8) is 0 Å². The molecule has 2 aliphatic rings. The summed E-state index contributed by atoms with van der Waals surface area (Å²) in [5.74, 6) is -0.614. The Morgan fingerprint density at radius 1 is 1.19 bits per heavy atom. The molecule has 5 nitrogen and oxygen atoms in total. The Hall–Kier alpha value is -2.86. The molecular formula is C20H20FN3O2. The zero-order chi connectivity index (χ0) is 17.9. The molecule has 1 unspecified atom stereocenters. The molecule has 134 valence electrons. The number of benzene rings is 2. The normalized spacial score (nSPS) is 20.1. The SMILES string of the molecule is O=C1Nc2cc(F)ccc2/C1=C\Nc1ccc(NCC2CCCO2)cc1. The molecule has 3 N–H and O–H groups in total. The summed E-state index contributed by atoms with van der Waals surface area (Å²) >= 11 is 0. The lowest BCUT2D eigenvalue weighted by Crippen LogP contribution is -2.18. The summed E-state index contributed by atoms with van der Waals surface area (Å²) in [6.07, 6.45) is 4.18. The number of carbonyl (C=O) groups is 1. The van der Waals surface area contributed by atoms with Gasteiger partial charge in [0.25, 0.3) is 5.91 Å². The predicted molar refractivity (Wildman–Crippen MR) is 101 cm³/mol. The number of halogens is 1. The van der Waals surface area contributed by atoms with Crippen LogP contribution in [0.15, 0.2) is 48.7 Å². The van der Waals surface area contributed by atoms with E-state index >= 15 is 0 Å². The van der Waals surface area contributed by atoms with E-state index in [2.05, 4.69) is 16.0 Å². The number of anilines is 3. The molecule has 0 aliphatic carbocycles. The average molecular weight is 353 g/mol. The topological polar surface area (TPSA) is 62.4 Å². The first-order valence-electron chi connectivity index (χ1n) is 8.72. The molecule has 0 bridgehead atoms. The number of fused-ring (bicyclic) bond motifs is 1. The molecule has 2 aliphatic heterocycles. The first-order chi connectivity index (χ1) is 12.7. The Morgan fingerprint density at radius 3 is 2.77 bits per heavy atom. The van der Waals surface area contributed by atoms with E-state index in [9.17, 15) is 9.18 Å². The van der Waals surface area contributed by atoms with Gasteiger partial charge in [-0.1, -0.05) is 0 Å². The van der Waals surface area contributed by atoms with Crippen LogP contribution in [-0.4, -0.2) is 25.2 Å². The Kier molecular flexibility index (Phi) is 4.58. The van der Waals surface area contributed by atoms with E-state index in [-0.39, 0.29) is 11.7 Å². The van der Waals surface area contributed by atoms with Gasteiger partial charge in [-0.05, 0) is 55.3 Å². The number of hydrogen-bond donors (Lipinski definition) is 3. The fraction of sp³-hybridized carbons (Fsp3) is 0.250. The van der Waals surface area contributed by atoms with E-state index in [1.54, 1.807) is 12.3 Å². The second-order valence-electron chi connectivity index (χ2n) is 6.44. The average Bonchev–Trinajstić information content (AvgIpc) is 3.26. The standard InChI is InChI=1S/C20H20FN3O2/c21-13-3-8-17-18(20(25)24-19(17)10-13)12-23-15-6-4-14(5-7-15)22-11-16-2-1-9-26-16/h3-8,10,12,16,22-23H,1-2,9,11H2,(H,24,25)/b18-12+. The second kappa shape index (κ2) is 7.17. The Bertz CT molecular complexity index is 843. The van der Waals surface area contributed by atoms with Crippen LogP contribution >= 0.6 is 0 Å². The van der Waals surface area contributed by atoms with Crippen LogP contribution in [0.25, 0.3) is 5.57 Å². The minimum absolute atomic E-state index is 0.243. The lowest BCUT2D eigenvalue weighted by molar-refractivity contribution is -0.110. The highest BCUT2D eigenvalue weighted by molar-refractivity contribution is 6.31. The minimum atomic E-state index is -0.371. The lowest BCUT2D eigenvalue weighted by Gasteiger charge is -2.12. The van der Waals surface area contributed by atoms with Gasteiger partial charge >= 0.3 is 0 Å². The number of carbonyl (C=O) groups excluding carboxylic acids is 1. The maximum Gasteiger partial charge on any atom is 0.257 e. The first kappa shape index (κ1) is 16.6. The maximum atomic E-state index is 13.3. The van der Waals surface area contributed by atoms with Gasteiger partial charge in [-0.3, -0.25) is 4.79 Å². The molecule has 2 aromatic rings. The van der Waals surface area contributed by atoms with Crippen LogP contribution in [0.1, 0.15) is 18.4 Å². The Balaban J connectivity index is 1.40. The monoisotopic (exact) mass is 353 g/mol. The van der Waals surface area contributed by atoms with Crippen molar-refractivity contribution in [3.05, 3.63) is 60.0 Å². The van der Waals surface area contributed by atoms with Gasteiger partial charge in [0.05, 0.1) is 17.4 Å². The molecule has 0 radical (unpaired) electrons. The van der Waals surface area contributed by atoms with Crippen LogP contribution < -0.4 is 16.0 Å². The van der Waals surface area contributed by atoms with Gasteiger partial charge in [-0.2, -0.15) is 0 Å². The Morgan fingerprint density at radius 2 is 2.00 bits per heavy atom. The highest BCUT2D eigenvalue weighted by Gasteiger charge is 2.24. The van der Waals surface area contributed by atoms with E-state index in [0.29, 0.717) is 22.9 Å². The van der Waals surface area contributed by atoms with Crippen LogP contribution in [0, 0.1) is 5.82 Å². The van der Waals surface area contributed by atoms with Crippen molar-refractivity contribution < 1.29 is 13.9 Å². The molecule has 0 aromatic heterocycles. The molecule has 1 saturated heterocycles. The molecule has 6 heteroatoms. The Labute approximate surface area is 151 Å². The third-order valence-electron chi connectivity index (χ3n) is 4.59. The summed E-state index contributed by atoms with van der Waals surface area (Å²) in [7, 11) is 0. The van der Waals surface area contributed by atoms with Crippen molar-refractivity contribution in [3.8, 4) is 0 Å². The summed E-state index contributed by atoms with van der Waals surface area (Å²) in [5, 5.41) is 9.16. The van der Waals surface area contributed by atoms with Gasteiger partial charge < -0.3 is 20.7 Å². The van der Waals surface area contributed by atoms with Crippen LogP contribution in [0.4, 0.5) is 21.5 Å². The molecule has 1 amide bonds. The van der Waals surface area contributed by atoms with Crippen molar-refractivity contribution in [2.75, 3.05) is 29.1 Å². The number of hydrogen-bond acceptors (Lipinski definition) is 4. The van der Waals surface area contributed by atoms with Gasteiger partial charge in [0.1, 0.15) is 5.82 Å². The molecule has 1 fully saturated rings. The molecule has 0 spiro atoms. The number of nitrogens with one attached hydrogen (secondary N) is 3. The summed E-state index contributed by atoms with van der Waals surface area (Å²) in [6, 6.07) is 12.1.